The summed E-state index contributed by atoms with van der Waals surface area (Å²) >= 11 is 0. The number of aryl methyl sites for hydroxylation is 1. The van der Waals surface area contributed by atoms with Crippen LogP contribution in [-0.4, -0.2) is 16.0 Å². The van der Waals surface area contributed by atoms with Crippen molar-refractivity contribution in [2.75, 3.05) is 0 Å². The van der Waals surface area contributed by atoms with Crippen molar-refractivity contribution in [3.63, 3.8) is 0 Å². The highest BCUT2D eigenvalue weighted by Gasteiger charge is 2.22. The molecule has 1 aromatic heterocycles. The minimum atomic E-state index is -0.218. The Labute approximate surface area is 147 Å². The zero-order valence-electron chi connectivity index (χ0n) is 14.7. The predicted octanol–water partition coefficient (Wildman–Crippen LogP) is 4.38. The molecule has 0 aliphatic carbocycles. The minimum Gasteiger partial charge on any atom is -0.507 e. The largest absolute Gasteiger partial charge is 0.507 e. The first-order valence-electron chi connectivity index (χ1n) is 8.41. The van der Waals surface area contributed by atoms with E-state index in [1.165, 1.54) is 6.07 Å². The van der Waals surface area contributed by atoms with Gasteiger partial charge >= 0.3 is 0 Å². The van der Waals surface area contributed by atoms with Crippen LogP contribution in [0.3, 0.4) is 0 Å². The molecule has 128 valence electrons. The van der Waals surface area contributed by atoms with Crippen LogP contribution in [0.5, 0.6) is 5.75 Å². The summed E-state index contributed by atoms with van der Waals surface area (Å²) in [6, 6.07) is 14.5. The molecule has 0 spiro atoms. The van der Waals surface area contributed by atoms with Gasteiger partial charge in [-0.05, 0) is 42.0 Å². The molecular weight excluding hydrogens is 312 g/mol. The van der Waals surface area contributed by atoms with Gasteiger partial charge in [0.05, 0.1) is 11.7 Å². The average Bonchev–Trinajstić information content (AvgIpc) is 2.60. The molecule has 0 unspecified atom stereocenters. The Hall–Kier alpha value is -2.88. The van der Waals surface area contributed by atoms with Crippen molar-refractivity contribution in [1.29, 1.82) is 0 Å². The molecule has 0 aliphatic heterocycles. The maximum absolute atomic E-state index is 12.8. The van der Waals surface area contributed by atoms with Crippen molar-refractivity contribution in [1.82, 2.24) is 10.3 Å². The first-order chi connectivity index (χ1) is 12.0. The number of aromatic hydroxyl groups is 1. The van der Waals surface area contributed by atoms with Crippen LogP contribution in [0.15, 0.2) is 54.7 Å². The number of amides is 1. The number of nitrogens with one attached hydrogen (secondary N) is 1. The molecule has 2 N–H and O–H groups in total. The van der Waals surface area contributed by atoms with Crippen molar-refractivity contribution < 1.29 is 9.90 Å². The maximum Gasteiger partial charge on any atom is 0.251 e. The SMILES string of the molecule is Cc1cccnc1[C@H](NC(=O)c1cc(O)c2ccccc2c1)C(C)C. The second-order valence-corrected chi connectivity index (χ2v) is 6.62. The number of carbonyl (C=O) groups excluding carboxylic acids is 1. The van der Waals surface area contributed by atoms with Gasteiger partial charge in [-0.2, -0.15) is 0 Å². The lowest BCUT2D eigenvalue weighted by Gasteiger charge is -2.23. The fourth-order valence-corrected chi connectivity index (χ4v) is 3.02. The summed E-state index contributed by atoms with van der Waals surface area (Å²) in [5.41, 5.74) is 2.36. The van der Waals surface area contributed by atoms with E-state index in [-0.39, 0.29) is 23.6 Å². The molecule has 0 saturated heterocycles. The monoisotopic (exact) mass is 334 g/mol. The molecular formula is C21H22N2O2. The Morgan fingerprint density at radius 1 is 1.12 bits per heavy atom. The summed E-state index contributed by atoms with van der Waals surface area (Å²) in [6.07, 6.45) is 1.74. The standard InChI is InChI=1S/C21H22N2O2/c1-13(2)19(20-14(3)7-6-10-22-20)23-21(25)16-11-15-8-4-5-9-17(15)18(24)12-16/h4-13,19,24H,1-3H3,(H,23,25)/t19-/m1/s1. The van der Waals surface area contributed by atoms with Crippen LogP contribution in [0.4, 0.5) is 0 Å². The fourth-order valence-electron chi connectivity index (χ4n) is 3.02. The quantitative estimate of drug-likeness (QED) is 0.744. The molecule has 0 aliphatic rings. The second kappa shape index (κ2) is 6.93. The maximum atomic E-state index is 12.8. The summed E-state index contributed by atoms with van der Waals surface area (Å²) in [7, 11) is 0. The van der Waals surface area contributed by atoms with Gasteiger partial charge in [-0.1, -0.05) is 44.2 Å². The zero-order valence-corrected chi connectivity index (χ0v) is 14.7. The Bertz CT molecular complexity index is 919. The zero-order chi connectivity index (χ0) is 18.0. The van der Waals surface area contributed by atoms with Gasteiger partial charge in [0.15, 0.2) is 0 Å². The summed E-state index contributed by atoms with van der Waals surface area (Å²) < 4.78 is 0. The van der Waals surface area contributed by atoms with Crippen LogP contribution >= 0.6 is 0 Å². The molecule has 3 rings (SSSR count). The van der Waals surface area contributed by atoms with Gasteiger partial charge in [-0.3, -0.25) is 9.78 Å². The molecule has 1 amide bonds. The van der Waals surface area contributed by atoms with Crippen molar-refractivity contribution in [3.8, 4) is 5.75 Å². The lowest BCUT2D eigenvalue weighted by atomic mass is 9.96. The Morgan fingerprint density at radius 3 is 2.60 bits per heavy atom. The predicted molar refractivity (Wildman–Crippen MR) is 99.6 cm³/mol. The van der Waals surface area contributed by atoms with Crippen LogP contribution in [0, 0.1) is 12.8 Å². The van der Waals surface area contributed by atoms with E-state index in [1.807, 2.05) is 43.3 Å². The van der Waals surface area contributed by atoms with Gasteiger partial charge in [0.25, 0.3) is 5.91 Å². The molecule has 1 atom stereocenters. The van der Waals surface area contributed by atoms with E-state index >= 15 is 0 Å². The number of phenols is 1. The van der Waals surface area contributed by atoms with E-state index < -0.39 is 0 Å². The minimum absolute atomic E-state index is 0.110. The van der Waals surface area contributed by atoms with Gasteiger partial charge in [0.2, 0.25) is 0 Å². The molecule has 1 heterocycles. The van der Waals surface area contributed by atoms with E-state index in [9.17, 15) is 9.90 Å². The van der Waals surface area contributed by atoms with Gasteiger partial charge in [0, 0.05) is 17.1 Å². The smallest absolute Gasteiger partial charge is 0.251 e. The van der Waals surface area contributed by atoms with Crippen LogP contribution in [0.2, 0.25) is 0 Å². The highest BCUT2D eigenvalue weighted by Crippen LogP contribution is 2.28. The number of hydrogen-bond donors (Lipinski definition) is 2. The van der Waals surface area contributed by atoms with Crippen molar-refractivity contribution in [3.05, 3.63) is 71.5 Å². The number of benzene rings is 2. The van der Waals surface area contributed by atoms with Gasteiger partial charge in [0.1, 0.15) is 5.75 Å². The van der Waals surface area contributed by atoms with E-state index in [0.717, 1.165) is 22.0 Å². The number of carbonyl (C=O) groups is 1. The summed E-state index contributed by atoms with van der Waals surface area (Å²) in [5.74, 6) is 0.0785. The van der Waals surface area contributed by atoms with E-state index in [0.29, 0.717) is 5.56 Å². The highest BCUT2D eigenvalue weighted by atomic mass is 16.3. The average molecular weight is 334 g/mol. The third-order valence-corrected chi connectivity index (χ3v) is 4.40. The number of fused-ring (bicyclic) bond motifs is 1. The van der Waals surface area contributed by atoms with Crippen molar-refractivity contribution in [2.24, 2.45) is 5.92 Å². The molecule has 3 aromatic rings. The molecule has 0 saturated carbocycles. The van der Waals surface area contributed by atoms with Crippen molar-refractivity contribution in [2.45, 2.75) is 26.8 Å². The second-order valence-electron chi connectivity index (χ2n) is 6.62. The molecule has 4 heteroatoms. The summed E-state index contributed by atoms with van der Waals surface area (Å²) in [6.45, 7) is 6.10. The van der Waals surface area contributed by atoms with Crippen molar-refractivity contribution >= 4 is 16.7 Å². The summed E-state index contributed by atoms with van der Waals surface area (Å²) in [5, 5.41) is 14.9. The van der Waals surface area contributed by atoms with Gasteiger partial charge < -0.3 is 10.4 Å². The number of pyridine rings is 1. The third-order valence-electron chi connectivity index (χ3n) is 4.40. The van der Waals surface area contributed by atoms with Crippen LogP contribution in [0.25, 0.3) is 10.8 Å². The number of aromatic nitrogens is 1. The molecule has 0 radical (unpaired) electrons. The Morgan fingerprint density at radius 2 is 1.88 bits per heavy atom. The number of rotatable bonds is 4. The molecule has 2 aromatic carbocycles. The topological polar surface area (TPSA) is 62.2 Å². The van der Waals surface area contributed by atoms with E-state index in [2.05, 4.69) is 24.1 Å². The lowest BCUT2D eigenvalue weighted by Crippen LogP contribution is -2.32. The van der Waals surface area contributed by atoms with Crippen LogP contribution in [-0.2, 0) is 0 Å². The number of phenolic OH excluding ortho intramolecular Hbond substituents is 1. The first kappa shape index (κ1) is 17.0. The highest BCUT2D eigenvalue weighted by molar-refractivity contribution is 6.00. The van der Waals surface area contributed by atoms with E-state index in [1.54, 1.807) is 12.3 Å². The number of nitrogens with zero attached hydrogens (tertiary/aromatic N) is 1. The Kier molecular flexibility index (Phi) is 4.70. The summed E-state index contributed by atoms with van der Waals surface area (Å²) in [4.78, 5) is 17.2. The molecule has 25 heavy (non-hydrogen) atoms. The number of hydrogen-bond acceptors (Lipinski definition) is 3. The Balaban J connectivity index is 1.93. The van der Waals surface area contributed by atoms with Gasteiger partial charge in [-0.15, -0.1) is 0 Å². The van der Waals surface area contributed by atoms with Crippen LogP contribution in [0.1, 0.15) is 41.5 Å². The fraction of sp³-hybridized carbons (Fsp3) is 0.238. The van der Waals surface area contributed by atoms with E-state index in [4.69, 9.17) is 0 Å². The first-order valence-corrected chi connectivity index (χ1v) is 8.41. The third kappa shape index (κ3) is 3.48. The molecule has 0 fully saturated rings. The van der Waals surface area contributed by atoms with Crippen LogP contribution < -0.4 is 5.32 Å². The lowest BCUT2D eigenvalue weighted by molar-refractivity contribution is 0.0924. The molecule has 0 bridgehead atoms. The van der Waals surface area contributed by atoms with Gasteiger partial charge in [-0.25, -0.2) is 0 Å². The normalized spacial score (nSPS) is 12.3. The molecule has 4 nitrogen and oxygen atoms in total.